The van der Waals surface area contributed by atoms with Crippen LogP contribution >= 0.6 is 11.3 Å². The van der Waals surface area contributed by atoms with Crippen LogP contribution in [0.5, 0.6) is 0 Å². The van der Waals surface area contributed by atoms with Gasteiger partial charge in [0.05, 0.1) is 0 Å². The van der Waals surface area contributed by atoms with Crippen molar-refractivity contribution in [2.75, 3.05) is 5.32 Å². The summed E-state index contributed by atoms with van der Waals surface area (Å²) in [5.41, 5.74) is 0.730. The van der Waals surface area contributed by atoms with Crippen molar-refractivity contribution < 1.29 is 14.7 Å². The van der Waals surface area contributed by atoms with Gasteiger partial charge in [-0.05, 0) is 42.0 Å². The van der Waals surface area contributed by atoms with Crippen LogP contribution in [-0.2, 0) is 4.79 Å². The van der Waals surface area contributed by atoms with Crippen LogP contribution in [0, 0.1) is 5.92 Å². The maximum Gasteiger partial charge on any atom is 0.345 e. The molecule has 5 heteroatoms. The van der Waals surface area contributed by atoms with Gasteiger partial charge in [-0.25, -0.2) is 4.79 Å². The quantitative estimate of drug-likeness (QED) is 0.881. The Balaban J connectivity index is 1.70. The number of benzene rings is 1. The predicted octanol–water partition coefficient (Wildman–Crippen LogP) is 3.73. The van der Waals surface area contributed by atoms with E-state index in [0.29, 0.717) is 11.3 Å². The van der Waals surface area contributed by atoms with Crippen molar-refractivity contribution in [1.82, 2.24) is 0 Å². The van der Waals surface area contributed by atoms with Gasteiger partial charge in [-0.1, -0.05) is 12.8 Å². The fourth-order valence-corrected chi connectivity index (χ4v) is 3.07. The van der Waals surface area contributed by atoms with Gasteiger partial charge in [-0.15, -0.1) is 11.3 Å². The van der Waals surface area contributed by atoms with Crippen molar-refractivity contribution in [3.05, 3.63) is 29.1 Å². The van der Waals surface area contributed by atoms with Gasteiger partial charge in [-0.2, -0.15) is 0 Å². The Hall–Kier alpha value is -1.88. The number of hydrogen-bond acceptors (Lipinski definition) is 3. The summed E-state index contributed by atoms with van der Waals surface area (Å²) in [6, 6.07) is 7.14. The number of fused-ring (bicyclic) bond motifs is 1. The molecule has 1 aromatic carbocycles. The van der Waals surface area contributed by atoms with Crippen LogP contribution in [0.3, 0.4) is 0 Å². The molecule has 1 aliphatic rings. The van der Waals surface area contributed by atoms with E-state index in [1.807, 2.05) is 18.2 Å². The molecule has 0 bridgehead atoms. The lowest BCUT2D eigenvalue weighted by Gasteiger charge is -2.04. The van der Waals surface area contributed by atoms with Gasteiger partial charge in [0.2, 0.25) is 5.91 Å². The molecule has 0 unspecified atom stereocenters. The summed E-state index contributed by atoms with van der Waals surface area (Å²) in [6.07, 6.45) is 4.04. The molecule has 4 nitrogen and oxygen atoms in total. The Morgan fingerprint density at radius 1 is 1.30 bits per heavy atom. The number of amides is 1. The molecule has 2 N–H and O–H groups in total. The lowest BCUT2D eigenvalue weighted by molar-refractivity contribution is -0.116. The van der Waals surface area contributed by atoms with Crippen molar-refractivity contribution in [2.45, 2.75) is 25.7 Å². The molecular formula is C15H15NO3S. The van der Waals surface area contributed by atoms with Crippen LogP contribution in [0.25, 0.3) is 10.1 Å². The maximum atomic E-state index is 11.8. The smallest absolute Gasteiger partial charge is 0.345 e. The minimum atomic E-state index is -0.916. The number of carbonyl (C=O) groups is 2. The van der Waals surface area contributed by atoms with E-state index in [-0.39, 0.29) is 5.91 Å². The second kappa shape index (κ2) is 5.25. The largest absolute Gasteiger partial charge is 0.477 e. The van der Waals surface area contributed by atoms with Crippen molar-refractivity contribution in [1.29, 1.82) is 0 Å². The SMILES string of the molecule is O=C(CCC1CC1)Nc1ccc2sc(C(=O)O)cc2c1. The molecule has 1 fully saturated rings. The number of carboxylic acid groups (broad SMARTS) is 1. The van der Waals surface area contributed by atoms with Crippen LogP contribution in [0.2, 0.25) is 0 Å². The van der Waals surface area contributed by atoms with Gasteiger partial charge >= 0.3 is 5.97 Å². The molecule has 1 amide bonds. The molecule has 0 radical (unpaired) electrons. The van der Waals surface area contributed by atoms with Crippen molar-refractivity contribution in [2.24, 2.45) is 5.92 Å². The van der Waals surface area contributed by atoms with E-state index in [0.717, 1.165) is 28.1 Å². The molecule has 1 aliphatic carbocycles. The minimum absolute atomic E-state index is 0.0323. The first-order valence-electron chi connectivity index (χ1n) is 6.68. The number of hydrogen-bond donors (Lipinski definition) is 2. The average molecular weight is 289 g/mol. The lowest BCUT2D eigenvalue weighted by atomic mass is 10.2. The maximum absolute atomic E-state index is 11.8. The molecule has 1 heterocycles. The molecule has 0 aliphatic heterocycles. The van der Waals surface area contributed by atoms with E-state index in [2.05, 4.69) is 5.32 Å². The Bertz CT molecular complexity index is 673. The standard InChI is InChI=1S/C15H15NO3S/c17-14(6-3-9-1-2-9)16-11-4-5-12-10(7-11)8-13(20-12)15(18)19/h4-5,7-9H,1-3,6H2,(H,16,17)(H,18,19). The molecule has 3 rings (SSSR count). The van der Waals surface area contributed by atoms with Gasteiger partial charge in [0.15, 0.2) is 0 Å². The molecule has 0 saturated heterocycles. The first kappa shape index (κ1) is 13.1. The van der Waals surface area contributed by atoms with Gasteiger partial charge in [-0.3, -0.25) is 4.79 Å². The molecule has 2 aromatic rings. The molecule has 0 atom stereocenters. The minimum Gasteiger partial charge on any atom is -0.477 e. The highest BCUT2D eigenvalue weighted by Crippen LogP contribution is 2.33. The summed E-state index contributed by atoms with van der Waals surface area (Å²) in [5.74, 6) is -0.135. The second-order valence-electron chi connectivity index (χ2n) is 5.20. The summed E-state index contributed by atoms with van der Waals surface area (Å²) in [4.78, 5) is 23.0. The summed E-state index contributed by atoms with van der Waals surface area (Å²) in [5, 5.41) is 12.7. The Morgan fingerprint density at radius 3 is 2.80 bits per heavy atom. The molecule has 0 spiro atoms. The van der Waals surface area contributed by atoms with E-state index >= 15 is 0 Å². The van der Waals surface area contributed by atoms with Crippen molar-refractivity contribution >= 4 is 39.0 Å². The highest BCUT2D eigenvalue weighted by molar-refractivity contribution is 7.20. The summed E-state index contributed by atoms with van der Waals surface area (Å²) in [7, 11) is 0. The number of nitrogens with one attached hydrogen (secondary N) is 1. The van der Waals surface area contributed by atoms with Crippen LogP contribution < -0.4 is 5.32 Å². The van der Waals surface area contributed by atoms with Crippen molar-refractivity contribution in [3.8, 4) is 0 Å². The zero-order valence-electron chi connectivity index (χ0n) is 10.9. The van der Waals surface area contributed by atoms with Crippen LogP contribution in [-0.4, -0.2) is 17.0 Å². The number of thiophene rings is 1. The van der Waals surface area contributed by atoms with E-state index in [4.69, 9.17) is 5.11 Å². The predicted molar refractivity (Wildman–Crippen MR) is 79.4 cm³/mol. The third-order valence-corrected chi connectivity index (χ3v) is 4.59. The highest BCUT2D eigenvalue weighted by Gasteiger charge is 2.21. The summed E-state index contributed by atoms with van der Waals surface area (Å²) in [6.45, 7) is 0. The zero-order chi connectivity index (χ0) is 14.1. The third-order valence-electron chi connectivity index (χ3n) is 3.49. The Labute approximate surface area is 120 Å². The fraction of sp³-hybridized carbons (Fsp3) is 0.333. The van der Waals surface area contributed by atoms with E-state index in [9.17, 15) is 9.59 Å². The van der Waals surface area contributed by atoms with Gasteiger partial charge < -0.3 is 10.4 Å². The molecular weight excluding hydrogens is 274 g/mol. The topological polar surface area (TPSA) is 66.4 Å². The van der Waals surface area contributed by atoms with Gasteiger partial charge in [0.1, 0.15) is 4.88 Å². The number of anilines is 1. The summed E-state index contributed by atoms with van der Waals surface area (Å²) >= 11 is 1.24. The molecule has 1 saturated carbocycles. The Morgan fingerprint density at radius 2 is 2.10 bits per heavy atom. The molecule has 20 heavy (non-hydrogen) atoms. The normalized spacial score (nSPS) is 14.4. The fourth-order valence-electron chi connectivity index (χ4n) is 2.19. The van der Waals surface area contributed by atoms with Crippen LogP contribution in [0.1, 0.15) is 35.4 Å². The van der Waals surface area contributed by atoms with Crippen molar-refractivity contribution in [3.63, 3.8) is 0 Å². The second-order valence-corrected chi connectivity index (χ2v) is 6.28. The zero-order valence-corrected chi connectivity index (χ0v) is 11.7. The third kappa shape index (κ3) is 2.99. The molecule has 1 aromatic heterocycles. The van der Waals surface area contributed by atoms with E-state index in [1.165, 1.54) is 24.2 Å². The first-order valence-corrected chi connectivity index (χ1v) is 7.50. The lowest BCUT2D eigenvalue weighted by Crippen LogP contribution is -2.11. The van der Waals surface area contributed by atoms with Crippen LogP contribution in [0.4, 0.5) is 5.69 Å². The van der Waals surface area contributed by atoms with E-state index in [1.54, 1.807) is 6.07 Å². The number of rotatable bonds is 5. The first-order chi connectivity index (χ1) is 9.61. The van der Waals surface area contributed by atoms with E-state index < -0.39 is 5.97 Å². The van der Waals surface area contributed by atoms with Gasteiger partial charge in [0.25, 0.3) is 0 Å². The van der Waals surface area contributed by atoms with Crippen LogP contribution in [0.15, 0.2) is 24.3 Å². The highest BCUT2D eigenvalue weighted by atomic mass is 32.1. The Kier molecular flexibility index (Phi) is 3.44. The number of carboxylic acids is 1. The number of aromatic carboxylic acids is 1. The monoisotopic (exact) mass is 289 g/mol. The van der Waals surface area contributed by atoms with Gasteiger partial charge in [0, 0.05) is 16.8 Å². The number of carbonyl (C=O) groups excluding carboxylic acids is 1. The summed E-state index contributed by atoms with van der Waals surface area (Å²) < 4.78 is 0.915. The average Bonchev–Trinajstić information content (AvgIpc) is 3.14. The molecule has 104 valence electrons.